The highest BCUT2D eigenvalue weighted by atomic mass is 127. The van der Waals surface area contributed by atoms with Crippen molar-refractivity contribution < 1.29 is 0 Å². The maximum Gasteiger partial charge on any atom is 0.194 e. The van der Waals surface area contributed by atoms with Crippen molar-refractivity contribution in [3.05, 3.63) is 40.9 Å². The number of benzene rings is 1. The number of hydrogen-bond donors (Lipinski definition) is 1. The van der Waals surface area contributed by atoms with Gasteiger partial charge in [0.25, 0.3) is 0 Å². The highest BCUT2D eigenvalue weighted by Crippen LogP contribution is 2.24. The van der Waals surface area contributed by atoms with E-state index in [9.17, 15) is 0 Å². The lowest BCUT2D eigenvalue weighted by Crippen LogP contribution is -2.52. The van der Waals surface area contributed by atoms with Crippen molar-refractivity contribution in [1.82, 2.24) is 15.2 Å². The molecule has 0 unspecified atom stereocenters. The third-order valence-electron chi connectivity index (χ3n) is 5.83. The molecule has 8 heteroatoms. The molecule has 0 bridgehead atoms. The lowest BCUT2D eigenvalue weighted by atomic mass is 10.2. The topological polar surface area (TPSA) is 47.0 Å². The molecule has 31 heavy (non-hydrogen) atoms. The minimum absolute atomic E-state index is 0. The van der Waals surface area contributed by atoms with E-state index in [0.717, 1.165) is 64.7 Å². The summed E-state index contributed by atoms with van der Waals surface area (Å²) in [5.74, 6) is 1.04. The maximum absolute atomic E-state index is 4.92. The molecule has 2 aliphatic heterocycles. The van der Waals surface area contributed by atoms with Crippen LogP contribution in [0.5, 0.6) is 0 Å². The van der Waals surface area contributed by atoms with Crippen molar-refractivity contribution in [1.29, 1.82) is 0 Å². The van der Waals surface area contributed by atoms with Gasteiger partial charge in [-0.25, -0.2) is 4.98 Å². The van der Waals surface area contributed by atoms with Gasteiger partial charge in [-0.15, -0.1) is 35.3 Å². The standard InChI is InChI=1S/C23H34N6S.HI/c1-3-24-22(25-10-9-20-18-30-23(26-20)29-11-4-5-12-29)28-15-13-27(14-16-28)21-8-6-7-19(2)17-21;/h6-8,17-18H,3-5,9-16H2,1-2H3,(H,24,25);1H. The van der Waals surface area contributed by atoms with E-state index in [2.05, 4.69) is 63.5 Å². The highest BCUT2D eigenvalue weighted by Gasteiger charge is 2.20. The quantitative estimate of drug-likeness (QED) is 0.333. The zero-order chi connectivity index (χ0) is 20.8. The lowest BCUT2D eigenvalue weighted by molar-refractivity contribution is 0.372. The molecule has 0 amide bonds. The molecule has 1 N–H and O–H groups in total. The number of aryl methyl sites for hydroxylation is 1. The Labute approximate surface area is 207 Å². The lowest BCUT2D eigenvalue weighted by Gasteiger charge is -2.37. The molecule has 0 atom stereocenters. The van der Waals surface area contributed by atoms with Gasteiger partial charge in [-0.2, -0.15) is 0 Å². The van der Waals surface area contributed by atoms with Crippen molar-refractivity contribution in [2.75, 3.05) is 62.2 Å². The number of piperazine rings is 1. The van der Waals surface area contributed by atoms with Gasteiger partial charge in [0.15, 0.2) is 11.1 Å². The molecule has 170 valence electrons. The second kappa shape index (κ2) is 11.9. The van der Waals surface area contributed by atoms with E-state index in [1.165, 1.54) is 34.9 Å². The number of aromatic nitrogens is 1. The van der Waals surface area contributed by atoms with Crippen LogP contribution in [0.1, 0.15) is 31.0 Å². The predicted octanol–water partition coefficient (Wildman–Crippen LogP) is 4.00. The van der Waals surface area contributed by atoms with Gasteiger partial charge >= 0.3 is 0 Å². The monoisotopic (exact) mass is 554 g/mol. The Bertz CT molecular complexity index is 840. The third kappa shape index (κ3) is 6.47. The Morgan fingerprint density at radius 1 is 1.10 bits per heavy atom. The number of aliphatic imine (C=N–C) groups is 1. The Morgan fingerprint density at radius 2 is 1.87 bits per heavy atom. The van der Waals surface area contributed by atoms with Crippen LogP contribution in [0.3, 0.4) is 0 Å². The summed E-state index contributed by atoms with van der Waals surface area (Å²) in [7, 11) is 0. The first kappa shape index (κ1) is 24.1. The Hall–Kier alpha value is -1.55. The van der Waals surface area contributed by atoms with Crippen molar-refractivity contribution in [3.8, 4) is 0 Å². The van der Waals surface area contributed by atoms with Crippen LogP contribution in [0.25, 0.3) is 0 Å². The van der Waals surface area contributed by atoms with Crippen LogP contribution in [0.4, 0.5) is 10.8 Å². The van der Waals surface area contributed by atoms with E-state index in [4.69, 9.17) is 9.98 Å². The molecule has 6 nitrogen and oxygen atoms in total. The summed E-state index contributed by atoms with van der Waals surface area (Å²) in [5, 5.41) is 6.87. The number of nitrogens with zero attached hydrogens (tertiary/aromatic N) is 5. The first-order valence-electron chi connectivity index (χ1n) is 11.3. The molecule has 2 aromatic rings. The van der Waals surface area contributed by atoms with E-state index in [1.807, 2.05) is 0 Å². The molecule has 0 radical (unpaired) electrons. The SMILES string of the molecule is CCNC(=NCCc1csc(N2CCCC2)n1)N1CCN(c2cccc(C)c2)CC1.I. The zero-order valence-electron chi connectivity index (χ0n) is 18.7. The van der Waals surface area contributed by atoms with Gasteiger partial charge in [0.2, 0.25) is 0 Å². The molecule has 0 saturated carbocycles. The van der Waals surface area contributed by atoms with Gasteiger partial charge in [0.1, 0.15) is 0 Å². The summed E-state index contributed by atoms with van der Waals surface area (Å²) in [5.41, 5.74) is 3.82. The first-order chi connectivity index (χ1) is 14.7. The average Bonchev–Trinajstić information content (AvgIpc) is 3.45. The number of hydrogen-bond acceptors (Lipinski definition) is 5. The summed E-state index contributed by atoms with van der Waals surface area (Å²) in [4.78, 5) is 17.0. The van der Waals surface area contributed by atoms with Crippen molar-refractivity contribution in [2.45, 2.75) is 33.1 Å². The number of rotatable bonds is 6. The van der Waals surface area contributed by atoms with Crippen molar-refractivity contribution in [3.63, 3.8) is 0 Å². The third-order valence-corrected chi connectivity index (χ3v) is 6.78. The Kier molecular flexibility index (Phi) is 9.25. The summed E-state index contributed by atoms with van der Waals surface area (Å²) in [6.07, 6.45) is 3.49. The van der Waals surface area contributed by atoms with Gasteiger partial charge in [-0.1, -0.05) is 12.1 Å². The van der Waals surface area contributed by atoms with Crippen molar-refractivity contribution in [2.24, 2.45) is 4.99 Å². The fourth-order valence-electron chi connectivity index (χ4n) is 4.17. The minimum atomic E-state index is 0. The van der Waals surface area contributed by atoms with Gasteiger partial charge in [0.05, 0.1) is 5.69 Å². The average molecular weight is 555 g/mol. The largest absolute Gasteiger partial charge is 0.368 e. The second-order valence-corrected chi connectivity index (χ2v) is 8.95. The summed E-state index contributed by atoms with van der Waals surface area (Å²) < 4.78 is 0. The number of guanidine groups is 1. The van der Waals surface area contributed by atoms with E-state index in [0.29, 0.717) is 0 Å². The molecule has 3 heterocycles. The summed E-state index contributed by atoms with van der Waals surface area (Å²) >= 11 is 1.78. The van der Waals surface area contributed by atoms with Crippen LogP contribution in [0, 0.1) is 6.92 Å². The van der Waals surface area contributed by atoms with E-state index >= 15 is 0 Å². The molecule has 1 aromatic heterocycles. The Morgan fingerprint density at radius 3 is 2.58 bits per heavy atom. The van der Waals surface area contributed by atoms with Gasteiger partial charge in [-0.3, -0.25) is 4.99 Å². The fourth-order valence-corrected chi connectivity index (χ4v) is 5.08. The predicted molar refractivity (Wildman–Crippen MR) is 144 cm³/mol. The van der Waals surface area contributed by atoms with Gasteiger partial charge < -0.3 is 20.0 Å². The molecule has 1 aromatic carbocycles. The van der Waals surface area contributed by atoms with Crippen LogP contribution in [0.15, 0.2) is 34.6 Å². The zero-order valence-corrected chi connectivity index (χ0v) is 21.9. The highest BCUT2D eigenvalue weighted by molar-refractivity contribution is 14.0. The van der Waals surface area contributed by atoms with Crippen molar-refractivity contribution >= 4 is 52.1 Å². The fraction of sp³-hybridized carbons (Fsp3) is 0.565. The van der Waals surface area contributed by atoms with E-state index < -0.39 is 0 Å². The molecular weight excluding hydrogens is 519 g/mol. The second-order valence-electron chi connectivity index (χ2n) is 8.11. The van der Waals surface area contributed by atoms with E-state index in [-0.39, 0.29) is 24.0 Å². The number of halogens is 1. The summed E-state index contributed by atoms with van der Waals surface area (Å²) in [6.45, 7) is 12.3. The molecular formula is C23H35IN6S. The van der Waals surface area contributed by atoms with Crippen LogP contribution in [0.2, 0.25) is 0 Å². The van der Waals surface area contributed by atoms with E-state index in [1.54, 1.807) is 11.3 Å². The van der Waals surface area contributed by atoms with Crippen LogP contribution in [-0.4, -0.2) is 68.2 Å². The Balaban J connectivity index is 0.00000272. The number of nitrogens with one attached hydrogen (secondary N) is 1. The van der Waals surface area contributed by atoms with Crippen LogP contribution < -0.4 is 15.1 Å². The molecule has 2 aliphatic rings. The maximum atomic E-state index is 4.92. The molecule has 2 saturated heterocycles. The molecule has 2 fully saturated rings. The van der Waals surface area contributed by atoms with Gasteiger partial charge in [0, 0.05) is 69.8 Å². The summed E-state index contributed by atoms with van der Waals surface area (Å²) in [6, 6.07) is 8.80. The van der Waals surface area contributed by atoms with Crippen LogP contribution >= 0.6 is 35.3 Å². The number of thiazole rings is 1. The normalized spacial score (nSPS) is 17.1. The molecule has 4 rings (SSSR count). The van der Waals surface area contributed by atoms with Crippen LogP contribution in [-0.2, 0) is 6.42 Å². The molecule has 0 aliphatic carbocycles. The minimum Gasteiger partial charge on any atom is -0.368 e. The number of anilines is 2. The van der Waals surface area contributed by atoms with Gasteiger partial charge in [-0.05, 0) is 44.4 Å². The first-order valence-corrected chi connectivity index (χ1v) is 12.1. The molecule has 0 spiro atoms. The smallest absolute Gasteiger partial charge is 0.194 e.